The minimum Gasteiger partial charge on any atom is -0.400 e. The number of unbranched alkanes of at least 4 members (excludes halogenated alkanes) is 14. The Bertz CT molecular complexity index is 296. The van der Waals surface area contributed by atoms with E-state index in [-0.39, 0.29) is 0 Å². The molecule has 1 saturated heterocycles. The first kappa shape index (κ1) is 25.1. The zero-order valence-electron chi connectivity index (χ0n) is 18.2. The third-order valence-electron chi connectivity index (χ3n) is 5.46. The Labute approximate surface area is 170 Å². The van der Waals surface area contributed by atoms with Gasteiger partial charge in [-0.05, 0) is 12.5 Å². The number of rotatable bonds is 22. The molecule has 1 atom stereocenters. The third kappa shape index (κ3) is 17.9. The van der Waals surface area contributed by atoms with Crippen molar-refractivity contribution in [2.45, 2.75) is 108 Å². The number of ether oxygens (including phenoxy) is 2. The third-order valence-corrected chi connectivity index (χ3v) is 7.39. The van der Waals surface area contributed by atoms with Crippen LogP contribution in [0.25, 0.3) is 0 Å². The fourth-order valence-electron chi connectivity index (χ4n) is 3.52. The molecule has 1 rings (SSSR count). The molecule has 0 aromatic carbocycles. The first-order chi connectivity index (χ1) is 13.4. The first-order valence-corrected chi connectivity index (χ1v) is 13.4. The zero-order valence-corrected chi connectivity index (χ0v) is 19.4. The predicted molar refractivity (Wildman–Crippen MR) is 116 cm³/mol. The molecule has 0 aromatic heterocycles. The summed E-state index contributed by atoms with van der Waals surface area (Å²) < 4.78 is 21.4. The monoisotopic (exact) mass is 402 g/mol. The Morgan fingerprint density at radius 2 is 1.07 bits per heavy atom. The van der Waals surface area contributed by atoms with Gasteiger partial charge in [0.15, 0.2) is 0 Å². The smallest absolute Gasteiger partial charge is 0.320 e. The second kappa shape index (κ2) is 19.4. The van der Waals surface area contributed by atoms with Gasteiger partial charge < -0.3 is 18.3 Å². The quantitative estimate of drug-likeness (QED) is 0.131. The molecule has 1 heterocycles. The molecule has 1 fully saturated rings. The van der Waals surface area contributed by atoms with Gasteiger partial charge in [-0.15, -0.1) is 0 Å². The van der Waals surface area contributed by atoms with Gasteiger partial charge in [-0.25, -0.2) is 0 Å². The van der Waals surface area contributed by atoms with Crippen LogP contribution in [0.15, 0.2) is 0 Å². The molecule has 162 valence electrons. The normalized spacial score (nSPS) is 16.3. The van der Waals surface area contributed by atoms with E-state index in [2.05, 4.69) is 0 Å². The topological polar surface area (TPSA) is 40.2 Å². The van der Waals surface area contributed by atoms with E-state index < -0.39 is 9.28 Å². The summed E-state index contributed by atoms with van der Waals surface area (Å²) in [5, 5.41) is 0. The molecule has 4 nitrogen and oxygen atoms in total. The molecule has 0 N–H and O–H groups in total. The summed E-state index contributed by atoms with van der Waals surface area (Å²) >= 11 is 0. The van der Waals surface area contributed by atoms with E-state index >= 15 is 0 Å². The Kier molecular flexibility index (Phi) is 18.0. The Morgan fingerprint density at radius 3 is 1.48 bits per heavy atom. The van der Waals surface area contributed by atoms with Crippen molar-refractivity contribution in [3.8, 4) is 0 Å². The van der Waals surface area contributed by atoms with E-state index in [9.17, 15) is 0 Å². The molecule has 1 unspecified atom stereocenters. The molecule has 0 amide bonds. The van der Waals surface area contributed by atoms with E-state index in [4.69, 9.17) is 18.3 Å². The molecule has 1 aliphatic rings. The summed E-state index contributed by atoms with van der Waals surface area (Å²) in [6, 6.07) is 1.16. The van der Waals surface area contributed by atoms with Crippen LogP contribution in [0.5, 0.6) is 0 Å². The molecule has 27 heavy (non-hydrogen) atoms. The van der Waals surface area contributed by atoms with Gasteiger partial charge in [-0.3, -0.25) is 0 Å². The summed E-state index contributed by atoms with van der Waals surface area (Å²) in [7, 11) is 2.26. The maximum atomic E-state index is 5.56. The van der Waals surface area contributed by atoms with Crippen LogP contribution in [0.3, 0.4) is 0 Å². The summed E-state index contributed by atoms with van der Waals surface area (Å²) in [5.74, 6) is 0. The van der Waals surface area contributed by atoms with Crippen LogP contribution >= 0.6 is 0 Å². The van der Waals surface area contributed by atoms with Gasteiger partial charge in [0.2, 0.25) is 0 Å². The van der Waals surface area contributed by atoms with Crippen LogP contribution in [0.4, 0.5) is 0 Å². The lowest BCUT2D eigenvalue weighted by molar-refractivity contribution is 0.113. The Morgan fingerprint density at radius 1 is 0.667 bits per heavy atom. The largest absolute Gasteiger partial charge is 0.400 e. The maximum absolute atomic E-state index is 5.56. The number of hydrogen-bond donors (Lipinski definition) is 0. The molecular formula is C22H46O4Si. The molecule has 0 aliphatic carbocycles. The van der Waals surface area contributed by atoms with Crippen LogP contribution in [-0.4, -0.2) is 49.4 Å². The van der Waals surface area contributed by atoms with Crippen molar-refractivity contribution < 1.29 is 18.3 Å². The van der Waals surface area contributed by atoms with Crippen LogP contribution in [-0.2, 0) is 18.3 Å². The van der Waals surface area contributed by atoms with E-state index in [0.29, 0.717) is 6.10 Å². The van der Waals surface area contributed by atoms with Gasteiger partial charge in [0.25, 0.3) is 0 Å². The van der Waals surface area contributed by atoms with Gasteiger partial charge in [-0.1, -0.05) is 89.9 Å². The number of hydrogen-bond acceptors (Lipinski definition) is 4. The molecule has 0 spiro atoms. The van der Waals surface area contributed by atoms with Crippen molar-refractivity contribution in [1.29, 1.82) is 0 Å². The van der Waals surface area contributed by atoms with Crippen LogP contribution in [0.2, 0.25) is 6.04 Å². The minimum atomic E-state index is -1.30. The summed E-state index contributed by atoms with van der Waals surface area (Å²) in [5.41, 5.74) is 0. The van der Waals surface area contributed by atoms with Crippen molar-refractivity contribution >= 4 is 9.28 Å². The average molecular weight is 403 g/mol. The van der Waals surface area contributed by atoms with Crippen molar-refractivity contribution in [3.05, 3.63) is 0 Å². The second-order valence-corrected chi connectivity index (χ2v) is 10.4. The Hall–Kier alpha value is 0.0569. The SMILES string of the molecule is CO[SiH](CCCCCCCCCCCCCCCCCOCC1CO1)OC. The molecule has 0 radical (unpaired) electrons. The van der Waals surface area contributed by atoms with Crippen LogP contribution in [0.1, 0.15) is 96.3 Å². The lowest BCUT2D eigenvalue weighted by atomic mass is 10.0. The maximum Gasteiger partial charge on any atom is 0.320 e. The van der Waals surface area contributed by atoms with Gasteiger partial charge >= 0.3 is 9.28 Å². The molecule has 1 aliphatic heterocycles. The average Bonchev–Trinajstić information content (AvgIpc) is 3.51. The van der Waals surface area contributed by atoms with Crippen molar-refractivity contribution in [2.75, 3.05) is 34.0 Å². The first-order valence-electron chi connectivity index (χ1n) is 11.6. The highest BCUT2D eigenvalue weighted by Crippen LogP contribution is 2.14. The van der Waals surface area contributed by atoms with E-state index in [0.717, 1.165) is 25.9 Å². The zero-order chi connectivity index (χ0) is 19.4. The molecule has 5 heteroatoms. The molecule has 0 saturated carbocycles. The molecular weight excluding hydrogens is 356 g/mol. The van der Waals surface area contributed by atoms with E-state index in [1.807, 2.05) is 0 Å². The predicted octanol–water partition coefficient (Wildman–Crippen LogP) is 5.77. The standard InChI is InChI=1S/C22H46O4Si/c1-23-27(24-2)19-17-15-13-11-9-7-5-3-4-6-8-10-12-14-16-18-25-20-22-21-26-22/h22,27H,3-21H2,1-2H3. The summed E-state index contributed by atoms with van der Waals surface area (Å²) in [6.45, 7) is 2.64. The lowest BCUT2D eigenvalue weighted by Gasteiger charge is -2.10. The minimum absolute atomic E-state index is 0.418. The van der Waals surface area contributed by atoms with Gasteiger partial charge in [-0.2, -0.15) is 0 Å². The van der Waals surface area contributed by atoms with Crippen molar-refractivity contribution in [3.63, 3.8) is 0 Å². The van der Waals surface area contributed by atoms with Crippen molar-refractivity contribution in [2.24, 2.45) is 0 Å². The lowest BCUT2D eigenvalue weighted by Crippen LogP contribution is -2.18. The van der Waals surface area contributed by atoms with Crippen molar-refractivity contribution in [1.82, 2.24) is 0 Å². The Balaban J connectivity index is 1.63. The highest BCUT2D eigenvalue weighted by molar-refractivity contribution is 6.44. The highest BCUT2D eigenvalue weighted by atomic mass is 28.3. The molecule has 0 aromatic rings. The molecule has 0 bridgehead atoms. The van der Waals surface area contributed by atoms with Gasteiger partial charge in [0.05, 0.1) is 13.2 Å². The van der Waals surface area contributed by atoms with Gasteiger partial charge in [0.1, 0.15) is 6.10 Å². The highest BCUT2D eigenvalue weighted by Gasteiger charge is 2.21. The number of epoxide rings is 1. The second-order valence-electron chi connectivity index (χ2n) is 8.02. The van der Waals surface area contributed by atoms with Gasteiger partial charge in [0, 0.05) is 20.8 Å². The fraction of sp³-hybridized carbons (Fsp3) is 1.00. The van der Waals surface area contributed by atoms with E-state index in [1.165, 1.54) is 96.3 Å². The van der Waals surface area contributed by atoms with E-state index in [1.54, 1.807) is 14.2 Å². The summed E-state index contributed by atoms with van der Waals surface area (Å²) in [4.78, 5) is 0. The summed E-state index contributed by atoms with van der Waals surface area (Å²) in [6.07, 6.45) is 21.2. The van der Waals surface area contributed by atoms with Crippen LogP contribution in [0, 0.1) is 0 Å². The fourth-order valence-corrected chi connectivity index (χ4v) is 4.81. The van der Waals surface area contributed by atoms with Crippen LogP contribution < -0.4 is 0 Å².